The van der Waals surface area contributed by atoms with Crippen molar-refractivity contribution in [1.82, 2.24) is 24.2 Å². The van der Waals surface area contributed by atoms with Crippen LogP contribution in [0.25, 0.3) is 21.9 Å². The summed E-state index contributed by atoms with van der Waals surface area (Å²) in [5, 5.41) is 19.8. The molecule has 0 aliphatic heterocycles. The molecule has 3 aromatic heterocycles. The van der Waals surface area contributed by atoms with Crippen molar-refractivity contribution in [2.24, 2.45) is 10.2 Å². The molecule has 0 unspecified atom stereocenters. The summed E-state index contributed by atoms with van der Waals surface area (Å²) in [6, 6.07) is 7.28. The third-order valence-corrected chi connectivity index (χ3v) is 5.47. The number of hydrogen-bond donors (Lipinski definition) is 2. The van der Waals surface area contributed by atoms with Gasteiger partial charge in [0, 0.05) is 56.3 Å². The molecule has 10 nitrogen and oxygen atoms in total. The van der Waals surface area contributed by atoms with Crippen LogP contribution in [0.15, 0.2) is 34.5 Å². The second kappa shape index (κ2) is 9.59. The zero-order valence-corrected chi connectivity index (χ0v) is 22.5. The Labute approximate surface area is 219 Å². The Balaban J connectivity index is 0.00000306. The maximum absolute atomic E-state index is 11.2. The van der Waals surface area contributed by atoms with E-state index in [1.54, 1.807) is 23.7 Å². The monoisotopic (exact) mass is 536 g/mol. The van der Waals surface area contributed by atoms with Crippen molar-refractivity contribution >= 4 is 45.2 Å². The van der Waals surface area contributed by atoms with Gasteiger partial charge in [-0.25, -0.2) is 14.2 Å². The molecule has 0 spiro atoms. The van der Waals surface area contributed by atoms with Gasteiger partial charge < -0.3 is 5.32 Å². The fourth-order valence-electron chi connectivity index (χ4n) is 3.10. The van der Waals surface area contributed by atoms with Crippen molar-refractivity contribution in [2.75, 3.05) is 5.32 Å². The summed E-state index contributed by atoms with van der Waals surface area (Å²) < 4.78 is 5.78. The Morgan fingerprint density at radius 3 is 2.55 bits per heavy atom. The van der Waals surface area contributed by atoms with Crippen LogP contribution in [0.5, 0.6) is 0 Å². The number of nitrogens with one attached hydrogen (secondary N) is 2. The number of H-pyrrole nitrogens is 1. The van der Waals surface area contributed by atoms with E-state index in [2.05, 4.69) is 60.7 Å². The standard InChI is InChI=1S/C21H21N9OS.Y/c1-11-15(22-6)20(32-29-11)26-25-16-17(21(3,4)5)27-30-19(16)24-18(28-30)13-7-9-14(10-8-13)23-12(2)31;/h7-10,27H,1-5H3,(H,23,31);. The number of aromatic amines is 1. The average molecular weight is 536 g/mol. The first kappa shape index (κ1) is 24.8. The van der Waals surface area contributed by atoms with E-state index in [0.29, 0.717) is 39.2 Å². The number of carbonyl (C=O) groups is 1. The Bertz CT molecular complexity index is 1380. The van der Waals surface area contributed by atoms with Crippen LogP contribution in [-0.2, 0) is 42.9 Å². The molecule has 0 bridgehead atoms. The van der Waals surface area contributed by atoms with Gasteiger partial charge in [-0.3, -0.25) is 9.89 Å². The zero-order valence-electron chi connectivity index (χ0n) is 18.8. The number of hydrogen-bond acceptors (Lipinski definition) is 7. The van der Waals surface area contributed by atoms with Crippen LogP contribution in [-0.4, -0.2) is 30.1 Å². The van der Waals surface area contributed by atoms with E-state index in [1.807, 2.05) is 12.1 Å². The van der Waals surface area contributed by atoms with Gasteiger partial charge in [-0.1, -0.05) is 20.8 Å². The molecule has 0 aliphatic rings. The second-order valence-corrected chi connectivity index (χ2v) is 9.00. The number of azo groups is 1. The smallest absolute Gasteiger partial charge is 0.247 e. The molecular weight excluding hydrogens is 515 g/mol. The molecular formula is C21H21N9OSY. The van der Waals surface area contributed by atoms with Gasteiger partial charge in [0.1, 0.15) is 0 Å². The summed E-state index contributed by atoms with van der Waals surface area (Å²) in [6.07, 6.45) is 0. The minimum Gasteiger partial charge on any atom is -0.326 e. The molecule has 0 saturated carbocycles. The molecule has 0 fully saturated rings. The van der Waals surface area contributed by atoms with Crippen LogP contribution in [0.2, 0.25) is 0 Å². The number of fused-ring (bicyclic) bond motifs is 1. The summed E-state index contributed by atoms with van der Waals surface area (Å²) in [5.41, 5.74) is 4.21. The molecule has 4 rings (SSSR count). The molecule has 3 heterocycles. The van der Waals surface area contributed by atoms with Gasteiger partial charge in [-0.05, 0) is 42.7 Å². The van der Waals surface area contributed by atoms with E-state index in [4.69, 9.17) is 6.57 Å². The molecule has 165 valence electrons. The molecule has 33 heavy (non-hydrogen) atoms. The number of benzene rings is 1. The van der Waals surface area contributed by atoms with E-state index >= 15 is 0 Å². The Morgan fingerprint density at radius 1 is 1.24 bits per heavy atom. The van der Waals surface area contributed by atoms with E-state index in [9.17, 15) is 4.79 Å². The molecule has 2 N–H and O–H groups in total. The summed E-state index contributed by atoms with van der Waals surface area (Å²) in [6.45, 7) is 16.8. The summed E-state index contributed by atoms with van der Waals surface area (Å²) in [4.78, 5) is 19.4. The number of amides is 1. The van der Waals surface area contributed by atoms with Crippen molar-refractivity contribution in [1.29, 1.82) is 0 Å². The van der Waals surface area contributed by atoms with Crippen LogP contribution in [0, 0.1) is 13.5 Å². The van der Waals surface area contributed by atoms with Crippen molar-refractivity contribution in [3.05, 3.63) is 47.1 Å². The molecule has 4 aromatic rings. The van der Waals surface area contributed by atoms with E-state index in [1.165, 1.54) is 6.92 Å². The van der Waals surface area contributed by atoms with Gasteiger partial charge in [0.2, 0.25) is 17.2 Å². The predicted octanol–water partition coefficient (Wildman–Crippen LogP) is 5.71. The predicted molar refractivity (Wildman–Crippen MR) is 123 cm³/mol. The van der Waals surface area contributed by atoms with E-state index in [-0.39, 0.29) is 44.0 Å². The molecule has 1 aromatic carbocycles. The number of anilines is 1. The van der Waals surface area contributed by atoms with Crippen LogP contribution < -0.4 is 5.32 Å². The van der Waals surface area contributed by atoms with Gasteiger partial charge >= 0.3 is 0 Å². The van der Waals surface area contributed by atoms with Crippen LogP contribution >= 0.6 is 11.5 Å². The Morgan fingerprint density at radius 2 is 1.94 bits per heavy atom. The molecule has 12 heteroatoms. The first-order valence-corrected chi connectivity index (χ1v) is 10.6. The Hall–Kier alpha value is -2.81. The average Bonchev–Trinajstić information content (AvgIpc) is 3.38. The van der Waals surface area contributed by atoms with Crippen molar-refractivity contribution < 1.29 is 37.5 Å². The summed E-state index contributed by atoms with van der Waals surface area (Å²) in [5.74, 6) is 0.381. The van der Waals surface area contributed by atoms with E-state index < -0.39 is 0 Å². The maximum Gasteiger partial charge on any atom is 0.247 e. The van der Waals surface area contributed by atoms with Crippen molar-refractivity contribution in [2.45, 2.75) is 40.0 Å². The topological polar surface area (TPSA) is 117 Å². The maximum atomic E-state index is 11.2. The largest absolute Gasteiger partial charge is 0.326 e. The molecule has 1 amide bonds. The van der Waals surface area contributed by atoms with Gasteiger partial charge in [0.25, 0.3) is 0 Å². The van der Waals surface area contributed by atoms with Gasteiger partial charge in [-0.15, -0.1) is 15.3 Å². The molecule has 1 radical (unpaired) electrons. The summed E-state index contributed by atoms with van der Waals surface area (Å²) in [7, 11) is 0. The number of carbonyl (C=O) groups excluding carboxylic acids is 1. The van der Waals surface area contributed by atoms with E-state index in [0.717, 1.165) is 22.8 Å². The fraction of sp³-hybridized carbons (Fsp3) is 0.286. The second-order valence-electron chi connectivity index (χ2n) is 8.25. The van der Waals surface area contributed by atoms with Crippen LogP contribution in [0.1, 0.15) is 39.1 Å². The van der Waals surface area contributed by atoms with Gasteiger partial charge in [0.05, 0.1) is 18.0 Å². The number of aryl methyl sites for hydroxylation is 1. The van der Waals surface area contributed by atoms with Crippen LogP contribution in [0.4, 0.5) is 22.1 Å². The number of nitrogens with zero attached hydrogens (tertiary/aromatic N) is 7. The van der Waals surface area contributed by atoms with Gasteiger partial charge in [0.15, 0.2) is 16.5 Å². The minimum absolute atomic E-state index is 0. The first-order valence-electron chi connectivity index (χ1n) is 9.80. The normalized spacial score (nSPS) is 11.5. The molecule has 0 atom stereocenters. The van der Waals surface area contributed by atoms with Crippen molar-refractivity contribution in [3.63, 3.8) is 0 Å². The summed E-state index contributed by atoms with van der Waals surface area (Å²) >= 11 is 1.14. The molecule has 0 saturated heterocycles. The number of aromatic nitrogens is 5. The third-order valence-electron chi connectivity index (χ3n) is 4.65. The first-order chi connectivity index (χ1) is 15.2. The zero-order chi connectivity index (χ0) is 23.0. The molecule has 0 aliphatic carbocycles. The van der Waals surface area contributed by atoms with Crippen LogP contribution in [0.3, 0.4) is 0 Å². The quantitative estimate of drug-likeness (QED) is 0.257. The Kier molecular flexibility index (Phi) is 7.21. The minimum atomic E-state index is -0.261. The fourth-order valence-corrected chi connectivity index (χ4v) is 3.77. The van der Waals surface area contributed by atoms with Crippen molar-refractivity contribution in [3.8, 4) is 11.4 Å². The third kappa shape index (κ3) is 5.08. The SMILES string of the molecule is [C-]#[N+]c1c(C)nsc1N=Nc1c(C(C)(C)C)[nH]n2nc(-c3ccc(NC(C)=O)cc3)nc12.[Y]. The number of rotatable bonds is 4. The van der Waals surface area contributed by atoms with Gasteiger partial charge in [-0.2, -0.15) is 4.63 Å².